The quantitative estimate of drug-likeness (QED) is 0.781. The summed E-state index contributed by atoms with van der Waals surface area (Å²) >= 11 is 0. The van der Waals surface area contributed by atoms with E-state index >= 15 is 0 Å². The van der Waals surface area contributed by atoms with Crippen LogP contribution in [-0.2, 0) is 6.54 Å². The molecule has 1 unspecified atom stereocenters. The Hall–Kier alpha value is -1.44. The molecule has 1 aromatic heterocycles. The Morgan fingerprint density at radius 2 is 2.38 bits per heavy atom. The molecule has 0 aliphatic carbocycles. The first-order valence-electron chi connectivity index (χ1n) is 5.35. The molecule has 1 heterocycles. The largest absolute Gasteiger partial charge is 0.394 e. The highest BCUT2D eigenvalue weighted by atomic mass is 16.3. The summed E-state index contributed by atoms with van der Waals surface area (Å²) in [4.78, 5) is 3.99. The summed E-state index contributed by atoms with van der Waals surface area (Å²) in [5.74, 6) is 0. The predicted molar refractivity (Wildman–Crippen MR) is 61.6 cm³/mol. The highest BCUT2D eigenvalue weighted by molar-refractivity contribution is 5.30. The molecule has 0 radical (unpaired) electrons. The Kier molecular flexibility index (Phi) is 4.41. The molecule has 1 rings (SSSR count). The third kappa shape index (κ3) is 3.02. The molecule has 4 nitrogen and oxygen atoms in total. The van der Waals surface area contributed by atoms with Crippen molar-refractivity contribution in [3.05, 3.63) is 29.6 Å². The van der Waals surface area contributed by atoms with E-state index in [0.717, 1.165) is 12.0 Å². The predicted octanol–water partition coefficient (Wildman–Crippen LogP) is 1.20. The second kappa shape index (κ2) is 5.59. The second-order valence-electron chi connectivity index (χ2n) is 4.05. The van der Waals surface area contributed by atoms with Crippen molar-refractivity contribution in [2.45, 2.75) is 32.4 Å². The summed E-state index contributed by atoms with van der Waals surface area (Å²) in [6.07, 6.45) is 2.43. The first-order valence-corrected chi connectivity index (χ1v) is 5.35. The molecule has 0 aliphatic rings. The van der Waals surface area contributed by atoms with Gasteiger partial charge >= 0.3 is 0 Å². The van der Waals surface area contributed by atoms with Gasteiger partial charge in [0, 0.05) is 23.8 Å². The maximum atomic E-state index is 9.25. The van der Waals surface area contributed by atoms with E-state index in [1.165, 1.54) is 0 Å². The van der Waals surface area contributed by atoms with E-state index in [4.69, 9.17) is 5.26 Å². The van der Waals surface area contributed by atoms with Crippen LogP contribution in [0.15, 0.2) is 18.3 Å². The van der Waals surface area contributed by atoms with Crippen LogP contribution in [0.1, 0.15) is 31.5 Å². The van der Waals surface area contributed by atoms with Crippen LogP contribution in [0.4, 0.5) is 0 Å². The minimum Gasteiger partial charge on any atom is -0.394 e. The van der Waals surface area contributed by atoms with E-state index in [2.05, 4.69) is 16.4 Å². The Bertz CT molecular complexity index is 380. The van der Waals surface area contributed by atoms with Crippen LogP contribution in [0.3, 0.4) is 0 Å². The number of aromatic nitrogens is 1. The Morgan fingerprint density at radius 3 is 2.94 bits per heavy atom. The van der Waals surface area contributed by atoms with E-state index in [1.54, 1.807) is 12.3 Å². The molecule has 1 atom stereocenters. The zero-order valence-electron chi connectivity index (χ0n) is 9.70. The van der Waals surface area contributed by atoms with Gasteiger partial charge in [-0.2, -0.15) is 5.26 Å². The highest BCUT2D eigenvalue weighted by Crippen LogP contribution is 2.11. The summed E-state index contributed by atoms with van der Waals surface area (Å²) in [6.45, 7) is 4.58. The number of nitrogens with one attached hydrogen (secondary N) is 1. The number of hydrogen-bond donors (Lipinski definition) is 2. The topological polar surface area (TPSA) is 68.9 Å². The average Bonchev–Trinajstić information content (AvgIpc) is 2.36. The fraction of sp³-hybridized carbons (Fsp3) is 0.500. The highest BCUT2D eigenvalue weighted by Gasteiger charge is 2.20. The third-order valence-electron chi connectivity index (χ3n) is 2.83. The van der Waals surface area contributed by atoms with Crippen LogP contribution < -0.4 is 5.32 Å². The van der Waals surface area contributed by atoms with Gasteiger partial charge in [-0.1, -0.05) is 13.0 Å². The third-order valence-corrected chi connectivity index (χ3v) is 2.83. The maximum Gasteiger partial charge on any atom is 0.144 e. The minimum atomic E-state index is -0.303. The van der Waals surface area contributed by atoms with E-state index in [-0.39, 0.29) is 12.1 Å². The SMILES string of the molecule is CCC(C)(CO)NCc1cccnc1C#N. The molecule has 0 aliphatic heterocycles. The first-order chi connectivity index (χ1) is 7.65. The molecule has 0 spiro atoms. The van der Waals surface area contributed by atoms with Gasteiger partial charge in [0.25, 0.3) is 0 Å². The Balaban J connectivity index is 2.72. The Morgan fingerprint density at radius 1 is 1.62 bits per heavy atom. The molecule has 2 N–H and O–H groups in total. The van der Waals surface area contributed by atoms with Gasteiger partial charge in [0.15, 0.2) is 0 Å². The fourth-order valence-corrected chi connectivity index (χ4v) is 1.28. The number of hydrogen-bond acceptors (Lipinski definition) is 4. The summed E-state index contributed by atoms with van der Waals surface area (Å²) in [5.41, 5.74) is 0.993. The van der Waals surface area contributed by atoms with Crippen LogP contribution in [0.2, 0.25) is 0 Å². The summed E-state index contributed by atoms with van der Waals surface area (Å²) < 4.78 is 0. The van der Waals surface area contributed by atoms with Crippen LogP contribution in [-0.4, -0.2) is 22.2 Å². The molecular formula is C12H17N3O. The average molecular weight is 219 g/mol. The van der Waals surface area contributed by atoms with Crippen LogP contribution in [0.25, 0.3) is 0 Å². The molecule has 0 aromatic carbocycles. The molecule has 0 fully saturated rings. The van der Waals surface area contributed by atoms with Gasteiger partial charge in [0.05, 0.1) is 6.61 Å². The number of aliphatic hydroxyl groups is 1. The molecule has 0 bridgehead atoms. The van der Waals surface area contributed by atoms with Gasteiger partial charge in [-0.15, -0.1) is 0 Å². The summed E-state index contributed by atoms with van der Waals surface area (Å²) in [5, 5.41) is 21.4. The molecule has 16 heavy (non-hydrogen) atoms. The van der Waals surface area contributed by atoms with Gasteiger partial charge in [0.1, 0.15) is 11.8 Å². The summed E-state index contributed by atoms with van der Waals surface area (Å²) in [7, 11) is 0. The lowest BCUT2D eigenvalue weighted by molar-refractivity contribution is 0.169. The van der Waals surface area contributed by atoms with Gasteiger partial charge in [-0.3, -0.25) is 0 Å². The number of aliphatic hydroxyl groups excluding tert-OH is 1. The van der Waals surface area contributed by atoms with E-state index in [9.17, 15) is 5.11 Å². The van der Waals surface area contributed by atoms with E-state index in [1.807, 2.05) is 19.9 Å². The van der Waals surface area contributed by atoms with Gasteiger partial charge in [0.2, 0.25) is 0 Å². The molecule has 0 amide bonds. The number of pyridine rings is 1. The van der Waals surface area contributed by atoms with E-state index < -0.39 is 0 Å². The summed E-state index contributed by atoms with van der Waals surface area (Å²) in [6, 6.07) is 5.73. The van der Waals surface area contributed by atoms with Gasteiger partial charge in [-0.25, -0.2) is 4.98 Å². The van der Waals surface area contributed by atoms with Gasteiger partial charge < -0.3 is 10.4 Å². The van der Waals surface area contributed by atoms with Crippen molar-refractivity contribution >= 4 is 0 Å². The molecule has 86 valence electrons. The van der Waals surface area contributed by atoms with Gasteiger partial charge in [-0.05, 0) is 19.4 Å². The van der Waals surface area contributed by atoms with Crippen molar-refractivity contribution in [3.8, 4) is 6.07 Å². The lowest BCUT2D eigenvalue weighted by Crippen LogP contribution is -2.44. The zero-order chi connectivity index (χ0) is 12.0. The van der Waals surface area contributed by atoms with E-state index in [0.29, 0.717) is 12.2 Å². The van der Waals surface area contributed by atoms with Crippen molar-refractivity contribution in [2.75, 3.05) is 6.61 Å². The molecule has 0 saturated carbocycles. The number of nitriles is 1. The smallest absolute Gasteiger partial charge is 0.144 e. The standard InChI is InChI=1S/C12H17N3O/c1-3-12(2,9-16)15-8-10-5-4-6-14-11(10)7-13/h4-6,15-16H,3,8-9H2,1-2H3. The van der Waals surface area contributed by atoms with Crippen molar-refractivity contribution in [1.82, 2.24) is 10.3 Å². The van der Waals surface area contributed by atoms with Crippen molar-refractivity contribution in [3.63, 3.8) is 0 Å². The fourth-order valence-electron chi connectivity index (χ4n) is 1.28. The monoisotopic (exact) mass is 219 g/mol. The number of nitrogens with zero attached hydrogens (tertiary/aromatic N) is 2. The lowest BCUT2D eigenvalue weighted by Gasteiger charge is -2.27. The molecule has 1 aromatic rings. The zero-order valence-corrected chi connectivity index (χ0v) is 9.70. The molecule has 4 heteroatoms. The van der Waals surface area contributed by atoms with Crippen LogP contribution in [0, 0.1) is 11.3 Å². The van der Waals surface area contributed by atoms with Crippen molar-refractivity contribution < 1.29 is 5.11 Å². The Labute approximate surface area is 95.9 Å². The molecule has 0 saturated heterocycles. The first kappa shape index (κ1) is 12.6. The maximum absolute atomic E-state index is 9.25. The second-order valence-corrected chi connectivity index (χ2v) is 4.05. The minimum absolute atomic E-state index is 0.0750. The normalized spacial score (nSPS) is 14.1. The van der Waals surface area contributed by atoms with Crippen LogP contribution >= 0.6 is 0 Å². The van der Waals surface area contributed by atoms with Crippen molar-refractivity contribution in [2.24, 2.45) is 0 Å². The van der Waals surface area contributed by atoms with Crippen molar-refractivity contribution in [1.29, 1.82) is 5.26 Å². The lowest BCUT2D eigenvalue weighted by atomic mass is 10.00. The van der Waals surface area contributed by atoms with Crippen LogP contribution in [0.5, 0.6) is 0 Å². The molecular weight excluding hydrogens is 202 g/mol. The number of rotatable bonds is 5.